The number of unbranched alkanes of at least 4 members (excludes halogenated alkanes) is 3. The van der Waals surface area contributed by atoms with Crippen molar-refractivity contribution in [3.05, 3.63) is 85.0 Å². The molecule has 0 heterocycles. The minimum absolute atomic E-state index is 0.131. The van der Waals surface area contributed by atoms with Gasteiger partial charge in [0.2, 0.25) is 0 Å². The van der Waals surface area contributed by atoms with Crippen molar-refractivity contribution in [2.75, 3.05) is 26.9 Å². The predicted molar refractivity (Wildman–Crippen MR) is 140 cm³/mol. The Morgan fingerprint density at radius 1 is 0.838 bits per heavy atom. The lowest BCUT2D eigenvalue weighted by molar-refractivity contribution is -0.138. The van der Waals surface area contributed by atoms with Crippen LogP contribution in [-0.4, -0.2) is 44.8 Å². The van der Waals surface area contributed by atoms with Crippen LogP contribution >= 0.6 is 0 Å². The van der Waals surface area contributed by atoms with Crippen molar-refractivity contribution in [3.63, 3.8) is 0 Å². The summed E-state index contributed by atoms with van der Waals surface area (Å²) >= 11 is 0. The van der Waals surface area contributed by atoms with E-state index in [9.17, 15) is 14.4 Å². The van der Waals surface area contributed by atoms with Gasteiger partial charge in [0.05, 0.1) is 25.9 Å². The van der Waals surface area contributed by atoms with E-state index in [-0.39, 0.29) is 12.4 Å². The molecule has 196 valence electrons. The van der Waals surface area contributed by atoms with Crippen molar-refractivity contribution in [3.8, 4) is 17.2 Å². The monoisotopic (exact) mass is 508 g/mol. The third-order valence-corrected chi connectivity index (χ3v) is 4.95. The fraction of sp³-hybridized carbons (Fsp3) is 0.276. The Labute approximate surface area is 217 Å². The Hall–Kier alpha value is -4.33. The van der Waals surface area contributed by atoms with Crippen molar-refractivity contribution < 1.29 is 38.1 Å². The van der Waals surface area contributed by atoms with Crippen molar-refractivity contribution in [2.45, 2.75) is 25.7 Å². The molecule has 0 aliphatic heterocycles. The fourth-order valence-corrected chi connectivity index (χ4v) is 3.05. The molecule has 0 aliphatic carbocycles. The second-order valence-electron chi connectivity index (χ2n) is 7.71. The number of hydrogen-bond acceptors (Lipinski definition) is 8. The van der Waals surface area contributed by atoms with Gasteiger partial charge in [0.15, 0.2) is 11.5 Å². The largest absolute Gasteiger partial charge is 0.494 e. The van der Waals surface area contributed by atoms with E-state index in [0.29, 0.717) is 35.8 Å². The molecule has 2 rings (SSSR count). The normalized spacial score (nSPS) is 10.4. The minimum atomic E-state index is -0.543. The molecule has 0 aliphatic rings. The molecule has 37 heavy (non-hydrogen) atoms. The molecule has 2 aromatic carbocycles. The van der Waals surface area contributed by atoms with Crippen LogP contribution in [0.4, 0.5) is 0 Å². The quantitative estimate of drug-likeness (QED) is 0.0987. The van der Waals surface area contributed by atoms with Crippen LogP contribution in [0.25, 0.3) is 6.08 Å². The molecule has 8 heteroatoms. The van der Waals surface area contributed by atoms with E-state index in [4.69, 9.17) is 23.7 Å². The predicted octanol–water partition coefficient (Wildman–Crippen LogP) is 5.33. The SMILES string of the molecule is C=CCOC(=O)/C=C/c1ccc(OC(=O)c2ccc(OCCCCCCOC(=O)C=C)cc2)c(OC)c1. The van der Waals surface area contributed by atoms with Crippen molar-refractivity contribution >= 4 is 24.0 Å². The molecule has 0 saturated carbocycles. The van der Waals surface area contributed by atoms with E-state index in [1.165, 1.54) is 19.3 Å². The van der Waals surface area contributed by atoms with Gasteiger partial charge in [0.1, 0.15) is 12.4 Å². The summed E-state index contributed by atoms with van der Waals surface area (Å²) in [6, 6.07) is 11.6. The lowest BCUT2D eigenvalue weighted by Crippen LogP contribution is -2.09. The highest BCUT2D eigenvalue weighted by Crippen LogP contribution is 2.29. The smallest absolute Gasteiger partial charge is 0.343 e. The Kier molecular flexibility index (Phi) is 12.8. The molecule has 0 aromatic heterocycles. The first-order valence-corrected chi connectivity index (χ1v) is 11.8. The van der Waals surface area contributed by atoms with E-state index in [2.05, 4.69) is 13.2 Å². The van der Waals surface area contributed by atoms with Gasteiger partial charge in [-0.1, -0.05) is 25.3 Å². The second-order valence-corrected chi connectivity index (χ2v) is 7.71. The maximum atomic E-state index is 12.6. The molecule has 0 bridgehead atoms. The molecular weight excluding hydrogens is 476 g/mol. The van der Waals surface area contributed by atoms with Crippen LogP contribution in [0.2, 0.25) is 0 Å². The number of benzene rings is 2. The number of ether oxygens (including phenoxy) is 5. The van der Waals surface area contributed by atoms with Gasteiger partial charge < -0.3 is 23.7 Å². The van der Waals surface area contributed by atoms with E-state index in [1.54, 1.807) is 48.5 Å². The third-order valence-electron chi connectivity index (χ3n) is 4.95. The van der Waals surface area contributed by atoms with E-state index >= 15 is 0 Å². The van der Waals surface area contributed by atoms with Crippen LogP contribution in [0.5, 0.6) is 17.2 Å². The van der Waals surface area contributed by atoms with Crippen LogP contribution in [0, 0.1) is 0 Å². The number of hydrogen-bond donors (Lipinski definition) is 0. The molecular formula is C29H32O8. The fourth-order valence-electron chi connectivity index (χ4n) is 3.05. The van der Waals surface area contributed by atoms with Crippen LogP contribution in [0.3, 0.4) is 0 Å². The zero-order chi connectivity index (χ0) is 26.9. The molecule has 0 unspecified atom stereocenters. The lowest BCUT2D eigenvalue weighted by atomic mass is 10.2. The van der Waals surface area contributed by atoms with Gasteiger partial charge in [-0.25, -0.2) is 14.4 Å². The van der Waals surface area contributed by atoms with Crippen LogP contribution in [0.1, 0.15) is 41.6 Å². The second kappa shape index (κ2) is 16.4. The van der Waals surface area contributed by atoms with E-state index in [0.717, 1.165) is 31.8 Å². The number of methoxy groups -OCH3 is 1. The lowest BCUT2D eigenvalue weighted by Gasteiger charge is -2.11. The van der Waals surface area contributed by atoms with Gasteiger partial charge in [0.25, 0.3) is 0 Å². The number of carbonyl (C=O) groups is 3. The topological polar surface area (TPSA) is 97.4 Å². The molecule has 0 atom stereocenters. The first kappa shape index (κ1) is 28.9. The molecule has 0 saturated heterocycles. The Bertz CT molecular complexity index is 1090. The summed E-state index contributed by atoms with van der Waals surface area (Å²) < 4.78 is 26.4. The first-order chi connectivity index (χ1) is 18.0. The minimum Gasteiger partial charge on any atom is -0.494 e. The van der Waals surface area contributed by atoms with Gasteiger partial charge in [-0.05, 0) is 73.7 Å². The van der Waals surface area contributed by atoms with Crippen molar-refractivity contribution in [1.82, 2.24) is 0 Å². The van der Waals surface area contributed by atoms with Crippen molar-refractivity contribution in [2.24, 2.45) is 0 Å². The molecule has 0 N–H and O–H groups in total. The van der Waals surface area contributed by atoms with E-state index in [1.807, 2.05) is 0 Å². The number of esters is 3. The van der Waals surface area contributed by atoms with Gasteiger partial charge in [-0.3, -0.25) is 0 Å². The summed E-state index contributed by atoms with van der Waals surface area (Å²) in [7, 11) is 1.46. The standard InChI is InChI=1S/C29H32O8/c1-4-18-35-28(31)17-11-22-10-16-25(26(21-22)33-3)37-29(32)23-12-14-24(15-13-23)34-19-8-6-7-9-20-36-27(30)5-2/h4-5,10-17,21H,1-2,6-9,18-20H2,3H3/b17-11+. The van der Waals surface area contributed by atoms with Crippen molar-refractivity contribution in [1.29, 1.82) is 0 Å². The summed E-state index contributed by atoms with van der Waals surface area (Å²) in [6.45, 7) is 7.90. The highest BCUT2D eigenvalue weighted by Gasteiger charge is 2.13. The number of carbonyl (C=O) groups excluding carboxylic acids is 3. The van der Waals surface area contributed by atoms with Crippen LogP contribution in [0.15, 0.2) is 73.9 Å². The van der Waals surface area contributed by atoms with Crippen LogP contribution in [-0.2, 0) is 19.1 Å². The average molecular weight is 509 g/mol. The zero-order valence-corrected chi connectivity index (χ0v) is 21.0. The van der Waals surface area contributed by atoms with E-state index < -0.39 is 17.9 Å². The molecule has 0 amide bonds. The summed E-state index contributed by atoms with van der Waals surface area (Å²) in [4.78, 5) is 35.1. The first-order valence-electron chi connectivity index (χ1n) is 11.8. The third kappa shape index (κ3) is 10.9. The molecule has 2 aromatic rings. The maximum absolute atomic E-state index is 12.6. The maximum Gasteiger partial charge on any atom is 0.343 e. The Morgan fingerprint density at radius 3 is 2.24 bits per heavy atom. The molecule has 0 radical (unpaired) electrons. The summed E-state index contributed by atoms with van der Waals surface area (Å²) in [5, 5.41) is 0. The molecule has 0 spiro atoms. The highest BCUT2D eigenvalue weighted by molar-refractivity contribution is 5.91. The summed E-state index contributed by atoms with van der Waals surface area (Å²) in [5.74, 6) is -0.200. The zero-order valence-electron chi connectivity index (χ0n) is 21.0. The van der Waals surface area contributed by atoms with Gasteiger partial charge >= 0.3 is 17.9 Å². The molecule has 8 nitrogen and oxygen atoms in total. The summed E-state index contributed by atoms with van der Waals surface area (Å²) in [5.41, 5.74) is 1.03. The number of rotatable bonds is 16. The average Bonchev–Trinajstić information content (AvgIpc) is 2.92. The summed E-state index contributed by atoms with van der Waals surface area (Å²) in [6.07, 6.45) is 9.04. The Balaban J connectivity index is 1.80. The van der Waals surface area contributed by atoms with Crippen LogP contribution < -0.4 is 14.2 Å². The van der Waals surface area contributed by atoms with Gasteiger partial charge in [0, 0.05) is 12.2 Å². The highest BCUT2D eigenvalue weighted by atomic mass is 16.6. The Morgan fingerprint density at radius 2 is 1.57 bits per heavy atom. The van der Waals surface area contributed by atoms with Gasteiger partial charge in [-0.2, -0.15) is 0 Å². The molecule has 0 fully saturated rings. The van der Waals surface area contributed by atoms with Gasteiger partial charge in [-0.15, -0.1) is 0 Å².